The maximum absolute atomic E-state index is 11.6. The quantitative estimate of drug-likeness (QED) is 0.665. The van der Waals surface area contributed by atoms with Crippen molar-refractivity contribution in [2.45, 2.75) is 32.9 Å². The average Bonchev–Trinajstić information content (AvgIpc) is 2.44. The Morgan fingerprint density at radius 1 is 1.27 bits per heavy atom. The molecule has 22 heavy (non-hydrogen) atoms. The summed E-state index contributed by atoms with van der Waals surface area (Å²) < 4.78 is 9.88. The average molecular weight is 303 g/mol. The van der Waals surface area contributed by atoms with Crippen molar-refractivity contribution >= 4 is 11.9 Å². The molecule has 0 aromatic heterocycles. The summed E-state index contributed by atoms with van der Waals surface area (Å²) >= 11 is 0. The van der Waals surface area contributed by atoms with E-state index in [0.29, 0.717) is 17.7 Å². The molecule has 1 rings (SSSR count). The summed E-state index contributed by atoms with van der Waals surface area (Å²) in [5, 5.41) is 2.96. The summed E-state index contributed by atoms with van der Waals surface area (Å²) in [6.07, 6.45) is 5.38. The first kappa shape index (κ1) is 17.7. The first-order valence-corrected chi connectivity index (χ1v) is 6.86. The van der Waals surface area contributed by atoms with Crippen LogP contribution < -0.4 is 5.32 Å². The molecule has 1 N–H and O–H groups in total. The van der Waals surface area contributed by atoms with Gasteiger partial charge in [-0.2, -0.15) is 0 Å². The smallest absolute Gasteiger partial charge is 0.337 e. The maximum Gasteiger partial charge on any atom is 0.337 e. The number of carbonyl (C=O) groups is 2. The van der Waals surface area contributed by atoms with E-state index < -0.39 is 11.6 Å². The number of rotatable bonds is 5. The number of benzene rings is 1. The van der Waals surface area contributed by atoms with Gasteiger partial charge in [0.2, 0.25) is 0 Å². The van der Waals surface area contributed by atoms with E-state index in [0.717, 1.165) is 5.56 Å². The van der Waals surface area contributed by atoms with E-state index in [1.54, 1.807) is 18.2 Å². The zero-order valence-corrected chi connectivity index (χ0v) is 13.4. The number of esters is 2. The lowest BCUT2D eigenvalue weighted by Crippen LogP contribution is -2.31. The van der Waals surface area contributed by atoms with Crippen LogP contribution in [0.1, 0.15) is 42.3 Å². The molecule has 0 spiro atoms. The van der Waals surface area contributed by atoms with Crippen LogP contribution in [0.2, 0.25) is 0 Å². The highest BCUT2D eigenvalue weighted by Crippen LogP contribution is 2.11. The van der Waals surface area contributed by atoms with Crippen LogP contribution >= 0.6 is 0 Å². The van der Waals surface area contributed by atoms with Crippen molar-refractivity contribution in [1.29, 1.82) is 0 Å². The Kier molecular flexibility index (Phi) is 6.14. The highest BCUT2D eigenvalue weighted by Gasteiger charge is 2.15. The molecular weight excluding hydrogens is 282 g/mol. The highest BCUT2D eigenvalue weighted by molar-refractivity contribution is 5.90. The molecule has 0 saturated carbocycles. The van der Waals surface area contributed by atoms with Crippen LogP contribution in [0.5, 0.6) is 0 Å². The number of methoxy groups -OCH3 is 1. The van der Waals surface area contributed by atoms with Crippen molar-refractivity contribution in [3.05, 3.63) is 34.9 Å². The van der Waals surface area contributed by atoms with Crippen LogP contribution in [0.25, 0.3) is 0 Å². The highest BCUT2D eigenvalue weighted by atomic mass is 16.6. The molecule has 0 radical (unpaired) electrons. The van der Waals surface area contributed by atoms with Crippen LogP contribution in [-0.4, -0.2) is 31.2 Å². The Balaban J connectivity index is 2.68. The van der Waals surface area contributed by atoms with Gasteiger partial charge >= 0.3 is 11.9 Å². The lowest BCUT2D eigenvalue weighted by Gasteiger charge is -2.19. The summed E-state index contributed by atoms with van der Waals surface area (Å²) in [5.74, 6) is 1.70. The standard InChI is InChI=1S/C17H21NO4/c1-6-12-7-13(9-14(8-12)16(20)21-5)10-18-11-15(19)22-17(2,3)4/h1,7-9,18H,10-11H2,2-5H3. The third-order valence-electron chi connectivity index (χ3n) is 2.60. The number of hydrogen-bond donors (Lipinski definition) is 1. The molecule has 0 aliphatic carbocycles. The molecule has 5 nitrogen and oxygen atoms in total. The second-order valence-corrected chi connectivity index (χ2v) is 5.74. The van der Waals surface area contributed by atoms with Crippen LogP contribution in [0.4, 0.5) is 0 Å². The molecule has 0 aliphatic heterocycles. The zero-order chi connectivity index (χ0) is 16.8. The SMILES string of the molecule is C#Cc1cc(CNCC(=O)OC(C)(C)C)cc(C(=O)OC)c1. The van der Waals surface area contributed by atoms with Crippen LogP contribution in [-0.2, 0) is 20.8 Å². The predicted molar refractivity (Wildman–Crippen MR) is 83.3 cm³/mol. The van der Waals surface area contributed by atoms with Gasteiger partial charge in [0, 0.05) is 12.1 Å². The fourth-order valence-electron chi connectivity index (χ4n) is 1.80. The first-order chi connectivity index (χ1) is 10.2. The van der Waals surface area contributed by atoms with E-state index in [1.165, 1.54) is 7.11 Å². The Labute approximate surface area is 131 Å². The van der Waals surface area contributed by atoms with Gasteiger partial charge in [-0.25, -0.2) is 4.79 Å². The minimum absolute atomic E-state index is 0.0745. The number of terminal acetylenes is 1. The fourth-order valence-corrected chi connectivity index (χ4v) is 1.80. The molecule has 118 valence electrons. The largest absolute Gasteiger partial charge is 0.465 e. The van der Waals surface area contributed by atoms with Gasteiger partial charge in [-0.05, 0) is 44.5 Å². The molecule has 0 amide bonds. The summed E-state index contributed by atoms with van der Waals surface area (Å²) in [5.41, 5.74) is 1.24. The maximum atomic E-state index is 11.6. The van der Waals surface area contributed by atoms with E-state index in [2.05, 4.69) is 16.0 Å². The molecule has 0 bridgehead atoms. The van der Waals surface area contributed by atoms with Crippen molar-refractivity contribution in [2.75, 3.05) is 13.7 Å². The lowest BCUT2D eigenvalue weighted by molar-refractivity contribution is -0.153. The van der Waals surface area contributed by atoms with Gasteiger partial charge in [0.1, 0.15) is 5.60 Å². The summed E-state index contributed by atoms with van der Waals surface area (Å²) in [7, 11) is 1.31. The van der Waals surface area contributed by atoms with E-state index in [1.807, 2.05) is 20.8 Å². The van der Waals surface area contributed by atoms with E-state index >= 15 is 0 Å². The van der Waals surface area contributed by atoms with E-state index in [9.17, 15) is 9.59 Å². The van der Waals surface area contributed by atoms with Gasteiger partial charge in [-0.1, -0.05) is 5.92 Å². The molecule has 0 fully saturated rings. The Hall–Kier alpha value is -2.32. The minimum atomic E-state index is -0.514. The van der Waals surface area contributed by atoms with E-state index in [-0.39, 0.29) is 12.5 Å². The topological polar surface area (TPSA) is 64.6 Å². The number of carbonyl (C=O) groups excluding carboxylic acids is 2. The number of nitrogens with one attached hydrogen (secondary N) is 1. The van der Waals surface area contributed by atoms with Gasteiger partial charge in [-0.15, -0.1) is 6.42 Å². The second kappa shape index (κ2) is 7.62. The van der Waals surface area contributed by atoms with Crippen molar-refractivity contribution in [3.8, 4) is 12.3 Å². The molecular formula is C17H21NO4. The number of hydrogen-bond acceptors (Lipinski definition) is 5. The minimum Gasteiger partial charge on any atom is -0.465 e. The van der Waals surface area contributed by atoms with Gasteiger partial charge in [-0.3, -0.25) is 4.79 Å². The van der Waals surface area contributed by atoms with Crippen LogP contribution in [0.15, 0.2) is 18.2 Å². The van der Waals surface area contributed by atoms with Crippen LogP contribution in [0.3, 0.4) is 0 Å². The predicted octanol–water partition coefficient (Wildman–Crippen LogP) is 1.89. The fraction of sp³-hybridized carbons (Fsp3) is 0.412. The van der Waals surface area contributed by atoms with Gasteiger partial charge in [0.05, 0.1) is 19.2 Å². The monoisotopic (exact) mass is 303 g/mol. The van der Waals surface area contributed by atoms with Crippen molar-refractivity contribution in [3.63, 3.8) is 0 Å². The Morgan fingerprint density at radius 2 is 1.95 bits per heavy atom. The van der Waals surface area contributed by atoms with Gasteiger partial charge < -0.3 is 14.8 Å². The zero-order valence-electron chi connectivity index (χ0n) is 13.4. The first-order valence-electron chi connectivity index (χ1n) is 6.86. The van der Waals surface area contributed by atoms with Crippen molar-refractivity contribution in [2.24, 2.45) is 0 Å². The third kappa shape index (κ3) is 5.98. The molecule has 0 heterocycles. The molecule has 0 saturated heterocycles. The second-order valence-electron chi connectivity index (χ2n) is 5.74. The molecule has 1 aromatic rings. The molecule has 0 atom stereocenters. The number of ether oxygens (including phenoxy) is 2. The Morgan fingerprint density at radius 3 is 2.50 bits per heavy atom. The van der Waals surface area contributed by atoms with Gasteiger partial charge in [0.15, 0.2) is 0 Å². The molecule has 5 heteroatoms. The van der Waals surface area contributed by atoms with Gasteiger partial charge in [0.25, 0.3) is 0 Å². The molecule has 0 aliphatic rings. The van der Waals surface area contributed by atoms with Crippen LogP contribution in [0, 0.1) is 12.3 Å². The Bertz CT molecular complexity index is 594. The third-order valence-corrected chi connectivity index (χ3v) is 2.60. The van der Waals surface area contributed by atoms with Crippen molar-refractivity contribution in [1.82, 2.24) is 5.32 Å². The normalized spacial score (nSPS) is 10.7. The molecule has 1 aromatic carbocycles. The van der Waals surface area contributed by atoms with Crippen molar-refractivity contribution < 1.29 is 19.1 Å². The molecule has 0 unspecified atom stereocenters. The summed E-state index contributed by atoms with van der Waals surface area (Å²) in [4.78, 5) is 23.2. The van der Waals surface area contributed by atoms with E-state index in [4.69, 9.17) is 11.2 Å². The lowest BCUT2D eigenvalue weighted by atomic mass is 10.1. The summed E-state index contributed by atoms with van der Waals surface area (Å²) in [6, 6.07) is 5.03. The summed E-state index contributed by atoms with van der Waals surface area (Å²) in [6.45, 7) is 5.89.